The number of halogens is 2. The highest BCUT2D eigenvalue weighted by Crippen LogP contribution is 2.48. The number of aromatic nitrogens is 1. The molecule has 31 heavy (non-hydrogen) atoms. The van der Waals surface area contributed by atoms with Crippen LogP contribution in [-0.4, -0.2) is 27.1 Å². The Balaban J connectivity index is 1.97. The summed E-state index contributed by atoms with van der Waals surface area (Å²) in [5, 5.41) is 23.6. The van der Waals surface area contributed by atoms with E-state index >= 15 is 0 Å². The number of amides is 1. The molecule has 3 aromatic rings. The van der Waals surface area contributed by atoms with Crippen LogP contribution in [0.3, 0.4) is 0 Å². The van der Waals surface area contributed by atoms with E-state index in [-0.39, 0.29) is 22.8 Å². The van der Waals surface area contributed by atoms with Crippen LogP contribution in [0.15, 0.2) is 54.7 Å². The molecule has 2 aromatic carbocycles. The zero-order valence-electron chi connectivity index (χ0n) is 15.8. The molecule has 4 rings (SSSR count). The summed E-state index contributed by atoms with van der Waals surface area (Å²) in [6.45, 7) is 0. The van der Waals surface area contributed by atoms with E-state index in [1.165, 1.54) is 29.3 Å². The van der Waals surface area contributed by atoms with Gasteiger partial charge in [0.25, 0.3) is 0 Å². The number of nitrogens with two attached hydrogens (primary N) is 1. The van der Waals surface area contributed by atoms with E-state index in [9.17, 15) is 19.8 Å². The van der Waals surface area contributed by atoms with Gasteiger partial charge in [0, 0.05) is 21.8 Å². The number of benzene rings is 2. The number of carboxylic acid groups (broad SMARTS) is 1. The van der Waals surface area contributed by atoms with Crippen molar-refractivity contribution in [1.29, 1.82) is 0 Å². The Kier molecular flexibility index (Phi) is 5.34. The number of carbonyl (C=O) groups is 2. The summed E-state index contributed by atoms with van der Waals surface area (Å²) >= 11 is 12.5. The number of pyridine rings is 1. The third-order valence-corrected chi connectivity index (χ3v) is 5.52. The van der Waals surface area contributed by atoms with Gasteiger partial charge in [0.05, 0.1) is 11.3 Å². The van der Waals surface area contributed by atoms with Crippen molar-refractivity contribution in [2.45, 2.75) is 12.2 Å². The van der Waals surface area contributed by atoms with Crippen molar-refractivity contribution >= 4 is 46.6 Å². The van der Waals surface area contributed by atoms with Gasteiger partial charge in [-0.05, 0) is 35.9 Å². The maximum absolute atomic E-state index is 12.7. The van der Waals surface area contributed by atoms with Crippen molar-refractivity contribution in [3.63, 3.8) is 0 Å². The van der Waals surface area contributed by atoms with Gasteiger partial charge in [0.2, 0.25) is 5.91 Å². The second-order valence-electron chi connectivity index (χ2n) is 6.88. The molecular weight excluding hydrogens is 443 g/mol. The molecule has 2 unspecified atom stereocenters. The molecule has 2 atom stereocenters. The molecule has 0 bridgehead atoms. The highest BCUT2D eigenvalue weighted by atomic mass is 35.5. The van der Waals surface area contributed by atoms with Crippen LogP contribution in [0.2, 0.25) is 10.0 Å². The molecule has 158 valence electrons. The molecule has 2 heterocycles. The fourth-order valence-electron chi connectivity index (χ4n) is 3.71. The first-order valence-electron chi connectivity index (χ1n) is 9.08. The lowest BCUT2D eigenvalue weighted by Gasteiger charge is -2.34. The zero-order chi connectivity index (χ0) is 22.3. The van der Waals surface area contributed by atoms with Crippen molar-refractivity contribution in [2.24, 2.45) is 5.73 Å². The number of primary amides is 1. The molecule has 8 nitrogen and oxygen atoms in total. The van der Waals surface area contributed by atoms with Gasteiger partial charge in [0.1, 0.15) is 18.0 Å². The molecular formula is C21H16Cl2N4O4. The Morgan fingerprint density at radius 1 is 1.16 bits per heavy atom. The first-order valence-corrected chi connectivity index (χ1v) is 9.84. The maximum Gasteiger partial charge on any atom is 0.338 e. The van der Waals surface area contributed by atoms with E-state index < -0.39 is 24.1 Å². The van der Waals surface area contributed by atoms with Gasteiger partial charge in [-0.15, -0.1) is 0 Å². The minimum Gasteiger partial charge on any atom is -0.508 e. The minimum atomic E-state index is -1.20. The third-order valence-electron chi connectivity index (χ3n) is 4.96. The topological polar surface area (TPSA) is 129 Å². The molecule has 10 heteroatoms. The fourth-order valence-corrected chi connectivity index (χ4v) is 4.22. The van der Waals surface area contributed by atoms with E-state index in [0.29, 0.717) is 21.2 Å². The Labute approximate surface area is 186 Å². The van der Waals surface area contributed by atoms with Crippen LogP contribution in [-0.2, 0) is 4.79 Å². The quantitative estimate of drug-likeness (QED) is 0.455. The number of aromatic hydroxyl groups is 1. The standard InChI is InChI=1S/C21H16Cl2N4O4/c22-11-4-5-13(15(23)9-11)20-26-19-17(14(21(30)31)6-7-25-19)27(20)16(18(24)29)10-2-1-3-12(28)8-10/h1-9,16,20,28H,(H2,24,29)(H,25,26)(H,30,31). The number of phenolic OH excluding ortho intramolecular Hbond substituents is 1. The van der Waals surface area contributed by atoms with Crippen molar-refractivity contribution < 1.29 is 19.8 Å². The molecule has 0 saturated carbocycles. The van der Waals surface area contributed by atoms with E-state index in [1.54, 1.807) is 30.3 Å². The van der Waals surface area contributed by atoms with Crippen LogP contribution in [0.5, 0.6) is 5.75 Å². The number of rotatable bonds is 5. The van der Waals surface area contributed by atoms with E-state index in [2.05, 4.69) is 10.3 Å². The molecule has 1 amide bonds. The average Bonchev–Trinajstić information content (AvgIpc) is 3.07. The lowest BCUT2D eigenvalue weighted by Crippen LogP contribution is -2.40. The Bertz CT molecular complexity index is 1200. The van der Waals surface area contributed by atoms with Crippen LogP contribution < -0.4 is 16.0 Å². The zero-order valence-corrected chi connectivity index (χ0v) is 17.3. The van der Waals surface area contributed by atoms with E-state index in [4.69, 9.17) is 28.9 Å². The number of carbonyl (C=O) groups excluding carboxylic acids is 1. The Morgan fingerprint density at radius 3 is 2.58 bits per heavy atom. The first-order chi connectivity index (χ1) is 14.8. The van der Waals surface area contributed by atoms with Crippen molar-refractivity contribution in [3.05, 3.63) is 81.5 Å². The summed E-state index contributed by atoms with van der Waals surface area (Å²) in [7, 11) is 0. The smallest absolute Gasteiger partial charge is 0.338 e. The van der Waals surface area contributed by atoms with Gasteiger partial charge < -0.3 is 26.2 Å². The van der Waals surface area contributed by atoms with Crippen LogP contribution in [0.4, 0.5) is 11.5 Å². The molecule has 0 radical (unpaired) electrons. The molecule has 0 aliphatic carbocycles. The lowest BCUT2D eigenvalue weighted by molar-refractivity contribution is -0.119. The van der Waals surface area contributed by atoms with Crippen LogP contribution in [0, 0.1) is 0 Å². The monoisotopic (exact) mass is 458 g/mol. The normalized spacial score (nSPS) is 15.8. The summed E-state index contributed by atoms with van der Waals surface area (Å²) in [6, 6.07) is 11.1. The van der Waals surface area contributed by atoms with Crippen molar-refractivity contribution in [3.8, 4) is 5.75 Å². The highest BCUT2D eigenvalue weighted by Gasteiger charge is 2.42. The fraction of sp³-hybridized carbons (Fsp3) is 0.0952. The molecule has 0 spiro atoms. The highest BCUT2D eigenvalue weighted by molar-refractivity contribution is 6.35. The van der Waals surface area contributed by atoms with Gasteiger partial charge in [0.15, 0.2) is 5.82 Å². The average molecular weight is 459 g/mol. The first kappa shape index (κ1) is 20.8. The van der Waals surface area contributed by atoms with Gasteiger partial charge in [-0.1, -0.05) is 41.4 Å². The summed E-state index contributed by atoms with van der Waals surface area (Å²) in [5.74, 6) is -1.77. The number of fused-ring (bicyclic) bond motifs is 1. The Morgan fingerprint density at radius 2 is 1.94 bits per heavy atom. The SMILES string of the molecule is NC(=O)C(c1cccc(O)c1)N1c2c(C(=O)O)ccnc2NC1c1ccc(Cl)cc1Cl. The number of hydrogen-bond acceptors (Lipinski definition) is 6. The predicted octanol–water partition coefficient (Wildman–Crippen LogP) is 3.95. The van der Waals surface area contributed by atoms with Crippen LogP contribution in [0.25, 0.3) is 0 Å². The summed E-state index contributed by atoms with van der Waals surface area (Å²) < 4.78 is 0. The summed E-state index contributed by atoms with van der Waals surface area (Å²) in [5.41, 5.74) is 6.79. The largest absolute Gasteiger partial charge is 0.508 e. The second kappa shape index (κ2) is 7.98. The van der Waals surface area contributed by atoms with Gasteiger partial charge in [-0.25, -0.2) is 9.78 Å². The number of nitrogens with one attached hydrogen (secondary N) is 1. The summed E-state index contributed by atoms with van der Waals surface area (Å²) in [4.78, 5) is 30.4. The van der Waals surface area contributed by atoms with Gasteiger partial charge >= 0.3 is 5.97 Å². The predicted molar refractivity (Wildman–Crippen MR) is 117 cm³/mol. The van der Waals surface area contributed by atoms with Gasteiger partial charge in [-0.2, -0.15) is 0 Å². The minimum absolute atomic E-state index is 0.0677. The molecule has 1 aliphatic rings. The molecule has 1 aromatic heterocycles. The number of hydrogen-bond donors (Lipinski definition) is 4. The molecule has 1 aliphatic heterocycles. The third kappa shape index (κ3) is 3.71. The van der Waals surface area contributed by atoms with Crippen molar-refractivity contribution in [1.82, 2.24) is 4.98 Å². The van der Waals surface area contributed by atoms with Crippen LogP contribution >= 0.6 is 23.2 Å². The number of phenols is 1. The van der Waals surface area contributed by atoms with E-state index in [0.717, 1.165) is 0 Å². The summed E-state index contributed by atoms with van der Waals surface area (Å²) in [6.07, 6.45) is 0.569. The number of anilines is 2. The molecule has 0 saturated heterocycles. The number of carboxylic acids is 1. The Hall–Kier alpha value is -3.49. The maximum atomic E-state index is 12.7. The lowest BCUT2D eigenvalue weighted by atomic mass is 10.0. The number of aromatic carboxylic acids is 1. The number of nitrogens with zero attached hydrogens (tertiary/aromatic N) is 2. The van der Waals surface area contributed by atoms with Crippen LogP contribution in [0.1, 0.15) is 33.7 Å². The second-order valence-corrected chi connectivity index (χ2v) is 7.72. The van der Waals surface area contributed by atoms with E-state index in [1.807, 2.05) is 0 Å². The van der Waals surface area contributed by atoms with Crippen molar-refractivity contribution in [2.75, 3.05) is 10.2 Å². The molecule has 5 N–H and O–H groups in total. The van der Waals surface area contributed by atoms with Gasteiger partial charge in [-0.3, -0.25) is 4.79 Å². The molecule has 0 fully saturated rings.